The van der Waals surface area contributed by atoms with Gasteiger partial charge in [0, 0.05) is 28.3 Å². The van der Waals surface area contributed by atoms with Crippen LogP contribution in [0, 0.1) is 16.0 Å². The lowest BCUT2D eigenvalue weighted by Crippen LogP contribution is -2.15. The van der Waals surface area contributed by atoms with E-state index in [1.807, 2.05) is 0 Å². The maximum atomic E-state index is 10.6. The second kappa shape index (κ2) is 5.04. The third-order valence-corrected chi connectivity index (χ3v) is 3.87. The second-order valence-electron chi connectivity index (χ2n) is 4.68. The number of non-ortho nitro benzene ring substituents is 1. The van der Waals surface area contributed by atoms with Crippen LogP contribution in [0.2, 0.25) is 0 Å². The molecule has 1 N–H and O–H groups in total. The van der Waals surface area contributed by atoms with Crippen molar-refractivity contribution in [3.05, 3.63) is 32.8 Å². The molecule has 0 aliphatic heterocycles. The fourth-order valence-electron chi connectivity index (χ4n) is 2.29. The largest absolute Gasteiger partial charge is 0.381 e. The Hall–Kier alpha value is -1.10. The van der Waals surface area contributed by atoms with E-state index in [2.05, 4.69) is 28.2 Å². The van der Waals surface area contributed by atoms with Crippen LogP contribution in [0.25, 0.3) is 0 Å². The summed E-state index contributed by atoms with van der Waals surface area (Å²) >= 11 is 3.37. The molecule has 1 aromatic rings. The van der Waals surface area contributed by atoms with Crippen LogP contribution >= 0.6 is 15.9 Å². The highest BCUT2D eigenvalue weighted by Gasteiger charge is 2.21. The summed E-state index contributed by atoms with van der Waals surface area (Å²) in [4.78, 5) is 10.2. The van der Waals surface area contributed by atoms with Gasteiger partial charge in [0.1, 0.15) is 0 Å². The highest BCUT2D eigenvalue weighted by Crippen LogP contribution is 2.32. The molecular weight excluding hydrogens is 284 g/mol. The van der Waals surface area contributed by atoms with Gasteiger partial charge in [-0.3, -0.25) is 10.1 Å². The van der Waals surface area contributed by atoms with Crippen LogP contribution in [0.15, 0.2) is 22.7 Å². The first-order valence-corrected chi connectivity index (χ1v) is 6.56. The van der Waals surface area contributed by atoms with Gasteiger partial charge in [0.2, 0.25) is 0 Å². The lowest BCUT2D eigenvalue weighted by atomic mass is 10.1. The first-order valence-electron chi connectivity index (χ1n) is 5.76. The van der Waals surface area contributed by atoms with Gasteiger partial charge in [0.05, 0.1) is 4.92 Å². The van der Waals surface area contributed by atoms with E-state index in [1.54, 1.807) is 12.1 Å². The molecule has 1 aliphatic rings. The smallest absolute Gasteiger partial charge is 0.270 e. The predicted octanol–water partition coefficient (Wildman–Crippen LogP) is 3.96. The van der Waals surface area contributed by atoms with Gasteiger partial charge >= 0.3 is 0 Å². The lowest BCUT2D eigenvalue weighted by molar-refractivity contribution is -0.384. The highest BCUT2D eigenvalue weighted by molar-refractivity contribution is 9.10. The van der Waals surface area contributed by atoms with Gasteiger partial charge in [-0.25, -0.2) is 0 Å². The van der Waals surface area contributed by atoms with E-state index in [0.29, 0.717) is 6.04 Å². The molecule has 0 aromatic heterocycles. The molecule has 2 unspecified atom stereocenters. The Balaban J connectivity index is 2.09. The van der Waals surface area contributed by atoms with E-state index >= 15 is 0 Å². The third-order valence-electron chi connectivity index (χ3n) is 3.22. The molecule has 17 heavy (non-hydrogen) atoms. The Kier molecular flexibility index (Phi) is 3.66. The monoisotopic (exact) mass is 298 g/mol. The summed E-state index contributed by atoms with van der Waals surface area (Å²) in [7, 11) is 0. The Morgan fingerprint density at radius 3 is 2.76 bits per heavy atom. The Bertz CT molecular complexity index is 437. The highest BCUT2D eigenvalue weighted by atomic mass is 79.9. The number of nitro groups is 1. The Morgan fingerprint density at radius 1 is 1.47 bits per heavy atom. The van der Waals surface area contributed by atoms with Gasteiger partial charge in [0.15, 0.2) is 0 Å². The molecule has 5 heteroatoms. The molecule has 0 bridgehead atoms. The second-order valence-corrected chi connectivity index (χ2v) is 5.54. The maximum absolute atomic E-state index is 10.6. The standard InChI is InChI=1S/C12H15BrN2O2/c1-8-2-3-9(6-8)14-12-5-4-10(15(16)17)7-11(12)13/h4-5,7-9,14H,2-3,6H2,1H3. The van der Waals surface area contributed by atoms with E-state index in [9.17, 15) is 10.1 Å². The molecular formula is C12H15BrN2O2. The molecule has 2 atom stereocenters. The van der Waals surface area contributed by atoms with Crippen LogP contribution in [0.5, 0.6) is 0 Å². The van der Waals surface area contributed by atoms with Crippen LogP contribution in [-0.4, -0.2) is 11.0 Å². The molecule has 1 aliphatic carbocycles. The minimum Gasteiger partial charge on any atom is -0.381 e. The van der Waals surface area contributed by atoms with Crippen LogP contribution in [0.3, 0.4) is 0 Å². The average Bonchev–Trinajstić information content (AvgIpc) is 2.67. The normalized spacial score (nSPS) is 23.6. The first kappa shape index (κ1) is 12.4. The quantitative estimate of drug-likeness (QED) is 0.679. The van der Waals surface area contributed by atoms with Crippen molar-refractivity contribution in [2.75, 3.05) is 5.32 Å². The number of hydrogen-bond donors (Lipinski definition) is 1. The van der Waals surface area contributed by atoms with E-state index < -0.39 is 0 Å². The molecule has 0 radical (unpaired) electrons. The summed E-state index contributed by atoms with van der Waals surface area (Å²) in [5, 5.41) is 14.1. The number of hydrogen-bond acceptors (Lipinski definition) is 3. The zero-order valence-electron chi connectivity index (χ0n) is 9.65. The zero-order valence-corrected chi connectivity index (χ0v) is 11.2. The minimum atomic E-state index is -0.383. The van der Waals surface area contributed by atoms with Crippen molar-refractivity contribution in [3.63, 3.8) is 0 Å². The van der Waals surface area contributed by atoms with Gasteiger partial charge < -0.3 is 5.32 Å². The topological polar surface area (TPSA) is 55.2 Å². The number of nitrogens with zero attached hydrogens (tertiary/aromatic N) is 1. The average molecular weight is 299 g/mol. The number of rotatable bonds is 3. The third kappa shape index (κ3) is 2.97. The van der Waals surface area contributed by atoms with Gasteiger partial charge in [-0.2, -0.15) is 0 Å². The summed E-state index contributed by atoms with van der Waals surface area (Å²) in [6.45, 7) is 2.26. The predicted molar refractivity (Wildman–Crippen MR) is 71.2 cm³/mol. The SMILES string of the molecule is CC1CCC(Nc2ccc([N+](=O)[O-])cc2Br)C1. The zero-order chi connectivity index (χ0) is 12.4. The molecule has 92 valence electrons. The summed E-state index contributed by atoms with van der Waals surface area (Å²) in [6, 6.07) is 5.33. The van der Waals surface area contributed by atoms with Crippen molar-refractivity contribution in [3.8, 4) is 0 Å². The van der Waals surface area contributed by atoms with Crippen LogP contribution < -0.4 is 5.32 Å². The number of anilines is 1. The first-order chi connectivity index (χ1) is 8.06. The minimum absolute atomic E-state index is 0.113. The Morgan fingerprint density at radius 2 is 2.24 bits per heavy atom. The van der Waals surface area contributed by atoms with E-state index in [4.69, 9.17) is 0 Å². The van der Waals surface area contributed by atoms with Crippen molar-refractivity contribution in [2.24, 2.45) is 5.92 Å². The van der Waals surface area contributed by atoms with Crippen LogP contribution in [-0.2, 0) is 0 Å². The van der Waals surface area contributed by atoms with Crippen molar-refractivity contribution >= 4 is 27.3 Å². The maximum Gasteiger partial charge on any atom is 0.270 e. The van der Waals surface area contributed by atoms with E-state index in [0.717, 1.165) is 16.1 Å². The molecule has 2 rings (SSSR count). The molecule has 4 nitrogen and oxygen atoms in total. The van der Waals surface area contributed by atoms with Gasteiger partial charge in [-0.15, -0.1) is 0 Å². The molecule has 0 heterocycles. The van der Waals surface area contributed by atoms with Crippen LogP contribution in [0.4, 0.5) is 11.4 Å². The lowest BCUT2D eigenvalue weighted by Gasteiger charge is -2.15. The molecule has 0 spiro atoms. The number of nitro benzene ring substituents is 1. The summed E-state index contributed by atoms with van der Waals surface area (Å²) in [5.74, 6) is 0.768. The Labute approximate surface area is 109 Å². The van der Waals surface area contributed by atoms with E-state index in [1.165, 1.54) is 25.3 Å². The van der Waals surface area contributed by atoms with Crippen molar-refractivity contribution < 1.29 is 4.92 Å². The van der Waals surface area contributed by atoms with Crippen molar-refractivity contribution in [2.45, 2.75) is 32.2 Å². The molecule has 1 fully saturated rings. The van der Waals surface area contributed by atoms with Crippen LogP contribution in [0.1, 0.15) is 26.2 Å². The fourth-order valence-corrected chi connectivity index (χ4v) is 2.77. The number of benzene rings is 1. The van der Waals surface area contributed by atoms with E-state index in [-0.39, 0.29) is 10.6 Å². The molecule has 1 aromatic carbocycles. The summed E-state index contributed by atoms with van der Waals surface area (Å²) in [5.41, 5.74) is 1.05. The van der Waals surface area contributed by atoms with Gasteiger partial charge in [-0.1, -0.05) is 6.92 Å². The van der Waals surface area contributed by atoms with Gasteiger partial charge in [-0.05, 0) is 47.2 Å². The molecule has 1 saturated carbocycles. The molecule has 0 amide bonds. The van der Waals surface area contributed by atoms with Crippen molar-refractivity contribution in [1.29, 1.82) is 0 Å². The molecule has 0 saturated heterocycles. The number of halogens is 1. The summed E-state index contributed by atoms with van der Waals surface area (Å²) in [6.07, 6.45) is 3.59. The fraction of sp³-hybridized carbons (Fsp3) is 0.500. The summed E-state index contributed by atoms with van der Waals surface area (Å²) < 4.78 is 0.756. The van der Waals surface area contributed by atoms with Gasteiger partial charge in [0.25, 0.3) is 5.69 Å². The van der Waals surface area contributed by atoms with Crippen molar-refractivity contribution in [1.82, 2.24) is 0 Å². The number of nitrogens with one attached hydrogen (secondary N) is 1.